The van der Waals surface area contributed by atoms with E-state index in [4.69, 9.17) is 0 Å². The topological polar surface area (TPSA) is 0 Å². The minimum Gasteiger partial charge on any atom is -0.100 e. The van der Waals surface area contributed by atoms with Crippen LogP contribution in [0.1, 0.15) is 80.6 Å². The lowest BCUT2D eigenvalue weighted by molar-refractivity contribution is 0.458. The Morgan fingerprint density at radius 2 is 1.75 bits per heavy atom. The second-order valence-electron chi connectivity index (χ2n) is 6.33. The van der Waals surface area contributed by atoms with Gasteiger partial charge in [0.2, 0.25) is 0 Å². The fourth-order valence-corrected chi connectivity index (χ4v) is 2.17. The van der Waals surface area contributed by atoms with E-state index in [1.54, 1.807) is 5.57 Å². The molecule has 0 aromatic rings. The van der Waals surface area contributed by atoms with Gasteiger partial charge in [-0.25, -0.2) is 0 Å². The molecule has 0 N–H and O–H groups in total. The van der Waals surface area contributed by atoms with E-state index in [2.05, 4.69) is 53.9 Å². The summed E-state index contributed by atoms with van der Waals surface area (Å²) in [5.41, 5.74) is 4.38. The molecule has 2 atom stereocenters. The van der Waals surface area contributed by atoms with E-state index in [1.165, 1.54) is 43.3 Å². The summed E-state index contributed by atoms with van der Waals surface area (Å²) in [6.07, 6.45) is 8.49. The third kappa shape index (κ3) is 11.1. The molecule has 0 spiro atoms. The van der Waals surface area contributed by atoms with E-state index in [-0.39, 0.29) is 0 Å². The highest BCUT2D eigenvalue weighted by molar-refractivity contribution is 5.28. The van der Waals surface area contributed by atoms with Crippen molar-refractivity contribution in [3.05, 3.63) is 36.0 Å². The Bertz CT molecular complexity index is 289. The fourth-order valence-electron chi connectivity index (χ4n) is 2.17. The Labute approximate surface area is 129 Å². The van der Waals surface area contributed by atoms with Crippen molar-refractivity contribution in [2.45, 2.75) is 80.6 Å². The van der Waals surface area contributed by atoms with Crippen molar-refractivity contribution in [3.63, 3.8) is 0 Å². The smallest absolute Gasteiger partial charge is 0.0228 e. The molecule has 0 aliphatic heterocycles. The molecule has 1 rings (SSSR count). The summed E-state index contributed by atoms with van der Waals surface area (Å²) in [4.78, 5) is 0. The molecule has 2 unspecified atom stereocenters. The van der Waals surface area contributed by atoms with Gasteiger partial charge in [0.25, 0.3) is 0 Å². The summed E-state index contributed by atoms with van der Waals surface area (Å²) in [5, 5.41) is 0. The first-order valence-electron chi connectivity index (χ1n) is 8.30. The molecule has 1 aliphatic rings. The van der Waals surface area contributed by atoms with Crippen molar-refractivity contribution in [3.8, 4) is 0 Å². The molecule has 1 aliphatic carbocycles. The summed E-state index contributed by atoms with van der Waals surface area (Å²) >= 11 is 0. The van der Waals surface area contributed by atoms with Crippen LogP contribution in [0.25, 0.3) is 0 Å². The van der Waals surface area contributed by atoms with Gasteiger partial charge in [0, 0.05) is 0 Å². The van der Waals surface area contributed by atoms with E-state index in [0.717, 1.165) is 11.8 Å². The maximum absolute atomic E-state index is 3.92. The van der Waals surface area contributed by atoms with Crippen molar-refractivity contribution in [2.24, 2.45) is 11.8 Å². The first kappa shape index (κ1) is 21.5. The van der Waals surface area contributed by atoms with Crippen LogP contribution in [0.4, 0.5) is 0 Å². The summed E-state index contributed by atoms with van der Waals surface area (Å²) in [6, 6.07) is 0. The van der Waals surface area contributed by atoms with Gasteiger partial charge >= 0.3 is 0 Å². The second-order valence-corrected chi connectivity index (χ2v) is 6.33. The van der Waals surface area contributed by atoms with E-state index in [9.17, 15) is 0 Å². The molecule has 20 heavy (non-hydrogen) atoms. The van der Waals surface area contributed by atoms with Gasteiger partial charge in [-0.15, -0.1) is 6.58 Å². The SMILES string of the molecule is C=C(C)C.C=CC1=C(C(C)CC)CC(C)CC1.CCC. The Morgan fingerprint density at radius 3 is 2.10 bits per heavy atom. The van der Waals surface area contributed by atoms with Crippen molar-refractivity contribution < 1.29 is 0 Å². The van der Waals surface area contributed by atoms with Gasteiger partial charge in [-0.1, -0.05) is 64.8 Å². The first-order valence-corrected chi connectivity index (χ1v) is 8.30. The zero-order valence-electron chi connectivity index (χ0n) is 15.2. The van der Waals surface area contributed by atoms with Crippen LogP contribution in [0.15, 0.2) is 36.0 Å². The maximum atomic E-state index is 3.92. The highest BCUT2D eigenvalue weighted by Crippen LogP contribution is 2.34. The quantitative estimate of drug-likeness (QED) is 0.474. The number of rotatable bonds is 3. The van der Waals surface area contributed by atoms with Crippen molar-refractivity contribution in [1.82, 2.24) is 0 Å². The first-order chi connectivity index (χ1) is 9.33. The molecule has 0 heteroatoms. The van der Waals surface area contributed by atoms with Gasteiger partial charge in [-0.2, -0.15) is 0 Å². The van der Waals surface area contributed by atoms with Gasteiger partial charge in [0.1, 0.15) is 0 Å². The lowest BCUT2D eigenvalue weighted by Gasteiger charge is -2.27. The summed E-state index contributed by atoms with van der Waals surface area (Å²) in [6.45, 7) is 22.7. The molecular weight excluding hydrogens is 240 g/mol. The van der Waals surface area contributed by atoms with Gasteiger partial charge in [-0.3, -0.25) is 0 Å². The minimum absolute atomic E-state index is 0.760. The largest absolute Gasteiger partial charge is 0.100 e. The van der Waals surface area contributed by atoms with Crippen LogP contribution >= 0.6 is 0 Å². The Balaban J connectivity index is 0. The summed E-state index contributed by atoms with van der Waals surface area (Å²) < 4.78 is 0. The zero-order chi connectivity index (χ0) is 16.1. The van der Waals surface area contributed by atoms with Crippen molar-refractivity contribution >= 4 is 0 Å². The monoisotopic (exact) mass is 278 g/mol. The average Bonchev–Trinajstić information content (AvgIpc) is 2.38. The van der Waals surface area contributed by atoms with Crippen LogP contribution in [-0.2, 0) is 0 Å². The lowest BCUT2D eigenvalue weighted by Crippen LogP contribution is -2.12. The third-order valence-corrected chi connectivity index (χ3v) is 3.34. The van der Waals surface area contributed by atoms with E-state index in [1.807, 2.05) is 13.8 Å². The molecule has 0 aromatic heterocycles. The standard InChI is InChI=1S/C13H22.C4H8.C3H8/c1-5-11(4)13-9-10(3)7-8-12(13)6-2;1-4(2)3;1-3-2/h6,10-11H,2,5,7-9H2,1,3-4H3;1H2,2-3H3;3H2,1-2H3. The van der Waals surface area contributed by atoms with Gasteiger partial charge in [0.15, 0.2) is 0 Å². The van der Waals surface area contributed by atoms with Crippen molar-refractivity contribution in [1.29, 1.82) is 0 Å². The molecule has 0 bridgehead atoms. The van der Waals surface area contributed by atoms with Crippen LogP contribution in [0.5, 0.6) is 0 Å². The molecule has 0 saturated heterocycles. The molecule has 0 aromatic carbocycles. The predicted molar refractivity (Wildman–Crippen MR) is 96.1 cm³/mol. The Kier molecular flexibility index (Phi) is 14.2. The van der Waals surface area contributed by atoms with Crippen LogP contribution in [0.2, 0.25) is 0 Å². The second kappa shape index (κ2) is 13.2. The molecule has 118 valence electrons. The van der Waals surface area contributed by atoms with Crippen LogP contribution < -0.4 is 0 Å². The molecule has 0 amide bonds. The Hall–Kier alpha value is -0.780. The van der Waals surface area contributed by atoms with Gasteiger partial charge in [-0.05, 0) is 56.9 Å². The van der Waals surface area contributed by atoms with Crippen LogP contribution in [0, 0.1) is 11.8 Å². The number of hydrogen-bond acceptors (Lipinski definition) is 0. The molecular formula is C20H38. The van der Waals surface area contributed by atoms with Gasteiger partial charge in [0.05, 0.1) is 0 Å². The molecule has 0 radical (unpaired) electrons. The molecule has 0 nitrogen and oxygen atoms in total. The minimum atomic E-state index is 0.760. The number of allylic oxidation sites excluding steroid dienone is 4. The van der Waals surface area contributed by atoms with Gasteiger partial charge < -0.3 is 0 Å². The van der Waals surface area contributed by atoms with E-state index in [0.29, 0.717) is 0 Å². The van der Waals surface area contributed by atoms with E-state index < -0.39 is 0 Å². The molecule has 0 heterocycles. The predicted octanol–water partition coefficient (Wildman–Crippen LogP) is 7.33. The Morgan fingerprint density at radius 1 is 1.30 bits per heavy atom. The number of hydrogen-bond donors (Lipinski definition) is 0. The summed E-state index contributed by atoms with van der Waals surface area (Å²) in [5.74, 6) is 1.64. The van der Waals surface area contributed by atoms with Crippen LogP contribution in [-0.4, -0.2) is 0 Å². The molecule has 0 saturated carbocycles. The fraction of sp³-hybridized carbons (Fsp3) is 0.700. The van der Waals surface area contributed by atoms with Crippen molar-refractivity contribution in [2.75, 3.05) is 0 Å². The third-order valence-electron chi connectivity index (χ3n) is 3.34. The van der Waals surface area contributed by atoms with Crippen LogP contribution in [0.3, 0.4) is 0 Å². The summed E-state index contributed by atoms with van der Waals surface area (Å²) in [7, 11) is 0. The normalized spacial score (nSPS) is 19.1. The maximum Gasteiger partial charge on any atom is -0.0228 e. The lowest BCUT2D eigenvalue weighted by atomic mass is 9.79. The average molecular weight is 279 g/mol. The molecule has 0 fully saturated rings. The zero-order valence-corrected chi connectivity index (χ0v) is 15.2. The highest BCUT2D eigenvalue weighted by atomic mass is 14.2. The highest BCUT2D eigenvalue weighted by Gasteiger charge is 2.19. The van der Waals surface area contributed by atoms with E-state index >= 15 is 0 Å².